The largest absolute Gasteiger partial charge is 0.379 e. The molecule has 0 atom stereocenters. The summed E-state index contributed by atoms with van der Waals surface area (Å²) in [4.78, 5) is 0. The van der Waals surface area contributed by atoms with Gasteiger partial charge in [-0.1, -0.05) is 0 Å². The lowest BCUT2D eigenvalue weighted by Crippen LogP contribution is -2.40. The summed E-state index contributed by atoms with van der Waals surface area (Å²) in [6, 6.07) is 0. The normalized spacial score (nSPS) is 26.5. The fourth-order valence-electron chi connectivity index (χ4n) is 2.95. The molecule has 0 radical (unpaired) electrons. The lowest BCUT2D eigenvalue weighted by molar-refractivity contribution is -0.874. The number of hydrogen-bond donors (Lipinski definition) is 0. The van der Waals surface area contributed by atoms with E-state index in [2.05, 4.69) is 35.0 Å². The number of quaternary nitrogens is 1. The Balaban J connectivity index is 2.13. The number of rotatable bonds is 6. The van der Waals surface area contributed by atoms with Crippen LogP contribution < -0.4 is 0 Å². The van der Waals surface area contributed by atoms with Crippen molar-refractivity contribution in [1.29, 1.82) is 0 Å². The van der Waals surface area contributed by atoms with E-state index in [0.717, 1.165) is 22.9 Å². The average molecular weight is 242 g/mol. The van der Waals surface area contributed by atoms with Gasteiger partial charge in [-0.3, -0.25) is 0 Å². The monoisotopic (exact) mass is 242 g/mol. The third kappa shape index (κ3) is 7.05. The van der Waals surface area contributed by atoms with Crippen molar-refractivity contribution in [2.24, 2.45) is 11.8 Å². The maximum atomic E-state index is 5.65. The van der Waals surface area contributed by atoms with Gasteiger partial charge in [-0.2, -0.15) is 0 Å². The minimum absolute atomic E-state index is 0.393. The number of nitrogens with zero attached hydrogens (tertiary/aromatic N) is 1. The van der Waals surface area contributed by atoms with E-state index < -0.39 is 0 Å². The topological polar surface area (TPSA) is 9.23 Å². The number of ether oxygens (including phenoxy) is 1. The van der Waals surface area contributed by atoms with E-state index in [0.29, 0.717) is 6.10 Å². The molecular weight excluding hydrogens is 210 g/mol. The maximum Gasteiger partial charge on any atom is 0.0809 e. The zero-order chi connectivity index (χ0) is 12.9. The minimum atomic E-state index is 0.393. The van der Waals surface area contributed by atoms with Gasteiger partial charge in [0.2, 0.25) is 0 Å². The van der Waals surface area contributed by atoms with Gasteiger partial charge in [0.05, 0.1) is 33.8 Å². The molecule has 2 heteroatoms. The first-order valence-electron chi connectivity index (χ1n) is 7.29. The summed E-state index contributed by atoms with van der Waals surface area (Å²) in [5, 5.41) is 0. The maximum absolute atomic E-state index is 5.65. The summed E-state index contributed by atoms with van der Waals surface area (Å²) in [5.74, 6) is 1.88. The summed E-state index contributed by atoms with van der Waals surface area (Å²) in [7, 11) is 6.92. The van der Waals surface area contributed by atoms with E-state index >= 15 is 0 Å². The molecule has 0 aliphatic heterocycles. The van der Waals surface area contributed by atoms with Crippen LogP contribution in [0.25, 0.3) is 0 Å². The zero-order valence-corrected chi connectivity index (χ0v) is 12.5. The molecule has 2 nitrogen and oxygen atoms in total. The van der Waals surface area contributed by atoms with Crippen LogP contribution in [0.5, 0.6) is 0 Å². The molecule has 0 amide bonds. The third-order valence-electron chi connectivity index (χ3n) is 3.75. The van der Waals surface area contributed by atoms with Gasteiger partial charge in [-0.05, 0) is 51.9 Å². The summed E-state index contributed by atoms with van der Waals surface area (Å²) < 4.78 is 6.77. The lowest BCUT2D eigenvalue weighted by Gasteiger charge is -2.34. The van der Waals surface area contributed by atoms with Crippen molar-refractivity contribution in [1.82, 2.24) is 0 Å². The van der Waals surface area contributed by atoms with E-state index in [1.165, 1.54) is 38.6 Å². The van der Waals surface area contributed by atoms with Crippen LogP contribution in [0.3, 0.4) is 0 Å². The van der Waals surface area contributed by atoms with Gasteiger partial charge in [0.15, 0.2) is 0 Å². The fraction of sp³-hybridized carbons (Fsp3) is 1.00. The SMILES string of the molecule is CC(C)OCCC1CCC(C[N+](C)(C)C)CC1. The van der Waals surface area contributed by atoms with Gasteiger partial charge in [0.1, 0.15) is 0 Å². The second-order valence-corrected chi connectivity index (χ2v) is 7.07. The number of hydrogen-bond acceptors (Lipinski definition) is 1. The molecule has 1 aliphatic carbocycles. The van der Waals surface area contributed by atoms with Gasteiger partial charge in [0.25, 0.3) is 0 Å². The summed E-state index contributed by atoms with van der Waals surface area (Å²) >= 11 is 0. The molecule has 102 valence electrons. The molecule has 0 aromatic rings. The standard InChI is InChI=1S/C15H32NO/c1-13(2)17-11-10-14-6-8-15(9-7-14)12-16(3,4)5/h13-15H,6-12H2,1-5H3/q+1. The second kappa shape index (κ2) is 6.75. The minimum Gasteiger partial charge on any atom is -0.379 e. The third-order valence-corrected chi connectivity index (χ3v) is 3.75. The molecule has 0 saturated heterocycles. The van der Waals surface area contributed by atoms with E-state index in [4.69, 9.17) is 4.74 Å². The van der Waals surface area contributed by atoms with Gasteiger partial charge in [-0.25, -0.2) is 0 Å². The van der Waals surface area contributed by atoms with Crippen LogP contribution in [0.4, 0.5) is 0 Å². The van der Waals surface area contributed by atoms with Crippen molar-refractivity contribution in [3.8, 4) is 0 Å². The van der Waals surface area contributed by atoms with Crippen molar-refractivity contribution in [3.05, 3.63) is 0 Å². The van der Waals surface area contributed by atoms with Gasteiger partial charge >= 0.3 is 0 Å². The molecule has 0 spiro atoms. The Bertz CT molecular complexity index is 199. The first kappa shape index (κ1) is 15.0. The Labute approximate surface area is 108 Å². The Morgan fingerprint density at radius 3 is 2.00 bits per heavy atom. The molecule has 0 unspecified atom stereocenters. The molecule has 0 N–H and O–H groups in total. The molecule has 1 fully saturated rings. The van der Waals surface area contributed by atoms with Gasteiger partial charge < -0.3 is 9.22 Å². The summed E-state index contributed by atoms with van der Waals surface area (Å²) in [6.45, 7) is 6.55. The summed E-state index contributed by atoms with van der Waals surface area (Å²) in [6.07, 6.45) is 7.38. The molecular formula is C15H32NO+. The van der Waals surface area contributed by atoms with Crippen LogP contribution in [-0.2, 0) is 4.74 Å². The highest BCUT2D eigenvalue weighted by atomic mass is 16.5. The predicted molar refractivity (Wildman–Crippen MR) is 74.1 cm³/mol. The smallest absolute Gasteiger partial charge is 0.0809 e. The van der Waals surface area contributed by atoms with E-state index in [1.807, 2.05) is 0 Å². The van der Waals surface area contributed by atoms with Crippen LogP contribution in [0.15, 0.2) is 0 Å². The molecule has 0 aromatic carbocycles. The Morgan fingerprint density at radius 2 is 1.53 bits per heavy atom. The molecule has 1 rings (SSSR count). The van der Waals surface area contributed by atoms with E-state index in [1.54, 1.807) is 0 Å². The quantitative estimate of drug-likeness (QED) is 0.649. The highest BCUT2D eigenvalue weighted by molar-refractivity contribution is 4.72. The van der Waals surface area contributed by atoms with Crippen LogP contribution in [0.2, 0.25) is 0 Å². The summed E-state index contributed by atoms with van der Waals surface area (Å²) in [5.41, 5.74) is 0. The lowest BCUT2D eigenvalue weighted by atomic mass is 9.80. The molecule has 1 aliphatic rings. The average Bonchev–Trinajstić information content (AvgIpc) is 2.18. The van der Waals surface area contributed by atoms with Crippen LogP contribution >= 0.6 is 0 Å². The van der Waals surface area contributed by atoms with Crippen molar-refractivity contribution >= 4 is 0 Å². The van der Waals surface area contributed by atoms with Gasteiger partial charge in [0, 0.05) is 12.5 Å². The molecule has 0 bridgehead atoms. The highest BCUT2D eigenvalue weighted by Crippen LogP contribution is 2.31. The first-order chi connectivity index (χ1) is 7.87. The van der Waals surface area contributed by atoms with Crippen LogP contribution in [-0.4, -0.2) is 44.9 Å². The van der Waals surface area contributed by atoms with Crippen molar-refractivity contribution < 1.29 is 9.22 Å². The molecule has 0 heterocycles. The first-order valence-corrected chi connectivity index (χ1v) is 7.29. The van der Waals surface area contributed by atoms with Crippen LogP contribution in [0, 0.1) is 11.8 Å². The Kier molecular flexibility index (Phi) is 5.94. The van der Waals surface area contributed by atoms with E-state index in [-0.39, 0.29) is 0 Å². The Morgan fingerprint density at radius 1 is 1.00 bits per heavy atom. The highest BCUT2D eigenvalue weighted by Gasteiger charge is 2.25. The molecule has 1 saturated carbocycles. The van der Waals surface area contributed by atoms with Crippen molar-refractivity contribution in [2.45, 2.75) is 52.1 Å². The van der Waals surface area contributed by atoms with Crippen LogP contribution in [0.1, 0.15) is 46.0 Å². The predicted octanol–water partition coefficient (Wildman–Crippen LogP) is 3.31. The van der Waals surface area contributed by atoms with Gasteiger partial charge in [-0.15, -0.1) is 0 Å². The molecule has 17 heavy (non-hydrogen) atoms. The second-order valence-electron chi connectivity index (χ2n) is 7.07. The van der Waals surface area contributed by atoms with Crippen molar-refractivity contribution in [3.63, 3.8) is 0 Å². The van der Waals surface area contributed by atoms with Crippen molar-refractivity contribution in [2.75, 3.05) is 34.3 Å². The zero-order valence-electron chi connectivity index (χ0n) is 12.5. The van der Waals surface area contributed by atoms with E-state index in [9.17, 15) is 0 Å². The molecule has 0 aromatic heterocycles. The fourth-order valence-corrected chi connectivity index (χ4v) is 2.95. The Hall–Kier alpha value is -0.0800.